The topological polar surface area (TPSA) is 81.5 Å². The first-order valence-corrected chi connectivity index (χ1v) is 5.97. The van der Waals surface area contributed by atoms with Crippen LogP contribution in [0.3, 0.4) is 0 Å². The van der Waals surface area contributed by atoms with Crippen LogP contribution in [0.5, 0.6) is 0 Å². The molecule has 104 valence electrons. The minimum absolute atomic E-state index is 0.174. The van der Waals surface area contributed by atoms with Gasteiger partial charge in [-0.2, -0.15) is 0 Å². The lowest BCUT2D eigenvalue weighted by molar-refractivity contribution is -0.479. The number of ether oxygens (including phenoxy) is 1. The van der Waals surface area contributed by atoms with Crippen LogP contribution >= 0.6 is 0 Å². The molecule has 1 aromatic rings. The van der Waals surface area contributed by atoms with Crippen molar-refractivity contribution in [3.05, 3.63) is 39.9 Å². The summed E-state index contributed by atoms with van der Waals surface area (Å²) in [7, 11) is 0. The Hall–Kier alpha value is -2.11. The molecule has 1 N–H and O–H groups in total. The van der Waals surface area contributed by atoms with Gasteiger partial charge in [-0.15, -0.1) is 0 Å². The van der Waals surface area contributed by atoms with Crippen LogP contribution in [-0.2, 0) is 11.2 Å². The summed E-state index contributed by atoms with van der Waals surface area (Å²) in [5.74, 6) is 0. The summed E-state index contributed by atoms with van der Waals surface area (Å²) in [6.07, 6.45) is -0.306. The van der Waals surface area contributed by atoms with Gasteiger partial charge in [-0.1, -0.05) is 18.2 Å². The van der Waals surface area contributed by atoms with E-state index in [9.17, 15) is 14.9 Å². The molecule has 0 saturated carbocycles. The molecule has 0 radical (unpaired) electrons. The molecule has 0 fully saturated rings. The van der Waals surface area contributed by atoms with Crippen molar-refractivity contribution in [3.63, 3.8) is 0 Å². The second-order valence-corrected chi connectivity index (χ2v) is 5.09. The molecule has 0 saturated heterocycles. The fourth-order valence-corrected chi connectivity index (χ4v) is 1.49. The first kappa shape index (κ1) is 14.9. The van der Waals surface area contributed by atoms with Crippen LogP contribution in [0.25, 0.3) is 0 Å². The Morgan fingerprint density at radius 2 is 2.00 bits per heavy atom. The SMILES string of the molecule is CC(C)(C)OC(=O)Nc1ccccc1CC[N+](=O)[O-]. The number of hydrogen-bond donors (Lipinski definition) is 1. The van der Waals surface area contributed by atoms with Crippen molar-refractivity contribution >= 4 is 11.8 Å². The van der Waals surface area contributed by atoms with Gasteiger partial charge in [0.15, 0.2) is 0 Å². The van der Waals surface area contributed by atoms with Crippen LogP contribution in [0.4, 0.5) is 10.5 Å². The lowest BCUT2D eigenvalue weighted by Gasteiger charge is -2.20. The number of rotatable bonds is 4. The van der Waals surface area contributed by atoms with Gasteiger partial charge in [0.25, 0.3) is 0 Å². The van der Waals surface area contributed by atoms with Gasteiger partial charge in [0.2, 0.25) is 6.54 Å². The predicted molar refractivity (Wildman–Crippen MR) is 71.9 cm³/mol. The fraction of sp³-hybridized carbons (Fsp3) is 0.462. The Kier molecular flexibility index (Phi) is 4.86. The minimum atomic E-state index is -0.583. The third kappa shape index (κ3) is 5.85. The molecular formula is C13H18N2O4. The minimum Gasteiger partial charge on any atom is -0.444 e. The van der Waals surface area contributed by atoms with Crippen LogP contribution in [0.1, 0.15) is 26.3 Å². The standard InChI is InChI=1S/C13H18N2O4/c1-13(2,3)19-12(16)14-11-7-5-4-6-10(11)8-9-15(17)18/h4-7H,8-9H2,1-3H3,(H,14,16). The number of hydrogen-bond acceptors (Lipinski definition) is 4. The van der Waals surface area contributed by atoms with Crippen LogP contribution < -0.4 is 5.32 Å². The molecule has 0 spiro atoms. The zero-order valence-corrected chi connectivity index (χ0v) is 11.3. The smallest absolute Gasteiger partial charge is 0.412 e. The van der Waals surface area contributed by atoms with Gasteiger partial charge in [0, 0.05) is 17.0 Å². The predicted octanol–water partition coefficient (Wildman–Crippen LogP) is 2.85. The van der Waals surface area contributed by atoms with Crippen LogP contribution in [-0.4, -0.2) is 23.2 Å². The van der Waals surface area contributed by atoms with E-state index < -0.39 is 11.7 Å². The van der Waals surface area contributed by atoms with Crippen molar-refractivity contribution in [2.45, 2.75) is 32.8 Å². The van der Waals surface area contributed by atoms with Crippen LogP contribution in [0.2, 0.25) is 0 Å². The van der Waals surface area contributed by atoms with E-state index in [1.54, 1.807) is 45.0 Å². The maximum absolute atomic E-state index is 11.7. The monoisotopic (exact) mass is 266 g/mol. The average Bonchev–Trinajstić information content (AvgIpc) is 2.25. The first-order valence-electron chi connectivity index (χ1n) is 5.97. The Balaban J connectivity index is 2.72. The summed E-state index contributed by atoms with van der Waals surface area (Å²) in [6, 6.07) is 6.97. The molecule has 1 aromatic carbocycles. The van der Waals surface area contributed by atoms with E-state index in [2.05, 4.69) is 5.32 Å². The Morgan fingerprint density at radius 3 is 2.58 bits per heavy atom. The summed E-state index contributed by atoms with van der Waals surface area (Å²) < 4.78 is 5.14. The van der Waals surface area contributed by atoms with E-state index in [0.29, 0.717) is 11.3 Å². The van der Waals surface area contributed by atoms with E-state index in [-0.39, 0.29) is 17.9 Å². The second kappa shape index (κ2) is 6.17. The van der Waals surface area contributed by atoms with E-state index in [4.69, 9.17) is 4.74 Å². The molecule has 0 aliphatic rings. The van der Waals surface area contributed by atoms with E-state index >= 15 is 0 Å². The molecule has 0 aromatic heterocycles. The number of carbonyl (C=O) groups is 1. The van der Waals surface area contributed by atoms with Gasteiger partial charge in [0.1, 0.15) is 5.60 Å². The molecule has 0 aliphatic heterocycles. The van der Waals surface area contributed by atoms with Crippen molar-refractivity contribution in [3.8, 4) is 0 Å². The van der Waals surface area contributed by atoms with Crippen molar-refractivity contribution < 1.29 is 14.5 Å². The van der Waals surface area contributed by atoms with Crippen molar-refractivity contribution in [2.75, 3.05) is 11.9 Å². The Labute approximate surface area is 111 Å². The number of nitro groups is 1. The number of carbonyl (C=O) groups excluding carboxylic acids is 1. The molecule has 0 bridgehead atoms. The Bertz CT molecular complexity index is 466. The lowest BCUT2D eigenvalue weighted by atomic mass is 10.1. The number of nitrogens with one attached hydrogen (secondary N) is 1. The normalized spacial score (nSPS) is 10.9. The summed E-state index contributed by atoms with van der Waals surface area (Å²) in [6.45, 7) is 5.13. The highest BCUT2D eigenvalue weighted by atomic mass is 16.6. The van der Waals surface area contributed by atoms with Crippen molar-refractivity contribution in [1.29, 1.82) is 0 Å². The zero-order chi connectivity index (χ0) is 14.5. The highest BCUT2D eigenvalue weighted by Gasteiger charge is 2.17. The average molecular weight is 266 g/mol. The molecule has 6 nitrogen and oxygen atoms in total. The van der Waals surface area contributed by atoms with E-state index in [1.165, 1.54) is 0 Å². The van der Waals surface area contributed by atoms with Crippen LogP contribution in [0, 0.1) is 10.1 Å². The van der Waals surface area contributed by atoms with Gasteiger partial charge in [0.05, 0.1) is 0 Å². The number of anilines is 1. The third-order valence-corrected chi connectivity index (χ3v) is 2.22. The molecule has 6 heteroatoms. The molecule has 19 heavy (non-hydrogen) atoms. The third-order valence-electron chi connectivity index (χ3n) is 2.22. The van der Waals surface area contributed by atoms with E-state index in [0.717, 1.165) is 0 Å². The molecule has 0 unspecified atom stereocenters. The molecule has 0 heterocycles. The molecular weight excluding hydrogens is 248 g/mol. The maximum Gasteiger partial charge on any atom is 0.412 e. The zero-order valence-electron chi connectivity index (χ0n) is 11.3. The summed E-state index contributed by atoms with van der Waals surface area (Å²) in [5, 5.41) is 13.0. The Morgan fingerprint density at radius 1 is 1.37 bits per heavy atom. The largest absolute Gasteiger partial charge is 0.444 e. The van der Waals surface area contributed by atoms with Crippen molar-refractivity contribution in [2.24, 2.45) is 0 Å². The highest BCUT2D eigenvalue weighted by Crippen LogP contribution is 2.17. The number of amides is 1. The molecule has 0 atom stereocenters. The second-order valence-electron chi connectivity index (χ2n) is 5.09. The maximum atomic E-state index is 11.7. The van der Waals surface area contributed by atoms with Gasteiger partial charge in [-0.25, -0.2) is 4.79 Å². The number of benzene rings is 1. The van der Waals surface area contributed by atoms with Crippen molar-refractivity contribution in [1.82, 2.24) is 0 Å². The van der Waals surface area contributed by atoms with Gasteiger partial charge in [-0.05, 0) is 32.4 Å². The van der Waals surface area contributed by atoms with E-state index in [1.807, 2.05) is 0 Å². The number of nitrogens with zero attached hydrogens (tertiary/aromatic N) is 1. The van der Waals surface area contributed by atoms with Gasteiger partial charge in [-0.3, -0.25) is 15.4 Å². The summed E-state index contributed by atoms with van der Waals surface area (Å²) >= 11 is 0. The van der Waals surface area contributed by atoms with Gasteiger partial charge >= 0.3 is 6.09 Å². The quantitative estimate of drug-likeness (QED) is 0.671. The van der Waals surface area contributed by atoms with Gasteiger partial charge < -0.3 is 4.74 Å². The molecule has 1 amide bonds. The summed E-state index contributed by atoms with van der Waals surface area (Å²) in [4.78, 5) is 21.7. The lowest BCUT2D eigenvalue weighted by Crippen LogP contribution is -2.27. The van der Waals surface area contributed by atoms with Crippen LogP contribution in [0.15, 0.2) is 24.3 Å². The first-order chi connectivity index (χ1) is 8.78. The number of para-hydroxylation sites is 1. The molecule has 0 aliphatic carbocycles. The fourth-order valence-electron chi connectivity index (χ4n) is 1.49. The highest BCUT2D eigenvalue weighted by molar-refractivity contribution is 5.85. The summed E-state index contributed by atoms with van der Waals surface area (Å²) in [5.41, 5.74) is 0.670. The molecule has 1 rings (SSSR count).